The van der Waals surface area contributed by atoms with Crippen LogP contribution in [-0.2, 0) is 18.9 Å². The fourth-order valence-corrected chi connectivity index (χ4v) is 3.85. The van der Waals surface area contributed by atoms with Crippen molar-refractivity contribution in [1.82, 2.24) is 29.9 Å². The third kappa shape index (κ3) is 4.21. The zero-order valence-electron chi connectivity index (χ0n) is 19.3. The van der Waals surface area contributed by atoms with E-state index in [0.29, 0.717) is 11.5 Å². The molecule has 1 aromatic carbocycles. The molecule has 166 valence electrons. The fourth-order valence-electron chi connectivity index (χ4n) is 3.85. The molecule has 32 heavy (non-hydrogen) atoms. The molecule has 0 aliphatic rings. The number of fused-ring (bicyclic) bond motifs is 1. The zero-order valence-corrected chi connectivity index (χ0v) is 19.3. The second-order valence-corrected chi connectivity index (χ2v) is 8.23. The van der Waals surface area contributed by atoms with Crippen LogP contribution in [-0.4, -0.2) is 37.1 Å². The Morgan fingerprint density at radius 2 is 1.78 bits per heavy atom. The fraction of sp³-hybridized carbons (Fsp3) is 0.333. The molecule has 1 atom stereocenters. The lowest BCUT2D eigenvalue weighted by Crippen LogP contribution is -2.31. The van der Waals surface area contributed by atoms with Gasteiger partial charge in [0.15, 0.2) is 12.3 Å². The van der Waals surface area contributed by atoms with E-state index in [2.05, 4.69) is 20.5 Å². The van der Waals surface area contributed by atoms with Gasteiger partial charge in [-0.25, -0.2) is 4.68 Å². The van der Waals surface area contributed by atoms with Crippen LogP contribution in [0.4, 0.5) is 0 Å². The lowest BCUT2D eigenvalue weighted by molar-refractivity contribution is -0.123. The first-order chi connectivity index (χ1) is 15.2. The number of hydrogen-bond acceptors (Lipinski definition) is 5. The number of pyridine rings is 1. The van der Waals surface area contributed by atoms with Gasteiger partial charge in [-0.2, -0.15) is 15.2 Å². The van der Waals surface area contributed by atoms with Crippen molar-refractivity contribution in [2.45, 2.75) is 33.7 Å². The van der Waals surface area contributed by atoms with Crippen LogP contribution in [0.5, 0.6) is 5.88 Å². The molecule has 1 N–H and O–H groups in total. The highest BCUT2D eigenvalue weighted by Crippen LogP contribution is 2.31. The maximum atomic E-state index is 12.4. The highest BCUT2D eigenvalue weighted by molar-refractivity contribution is 5.93. The number of nitrogens with one attached hydrogen (secondary N) is 1. The van der Waals surface area contributed by atoms with Gasteiger partial charge in [0.2, 0.25) is 5.88 Å². The maximum absolute atomic E-state index is 12.4. The van der Waals surface area contributed by atoms with Gasteiger partial charge < -0.3 is 10.1 Å². The number of benzene rings is 1. The number of aryl methyl sites for hydroxylation is 5. The summed E-state index contributed by atoms with van der Waals surface area (Å²) >= 11 is 0. The Hall–Kier alpha value is -3.68. The Morgan fingerprint density at radius 1 is 1.06 bits per heavy atom. The van der Waals surface area contributed by atoms with E-state index in [1.165, 1.54) is 5.56 Å². The highest BCUT2D eigenvalue weighted by Gasteiger charge is 2.19. The minimum Gasteiger partial charge on any atom is -0.468 e. The van der Waals surface area contributed by atoms with Gasteiger partial charge in [-0.3, -0.25) is 9.48 Å². The SMILES string of the molecule is Cc1ccc(C(C)NC(=O)COc2cc(C)c3c(-c4cc(C)nn4C)nn(C)c3n2)cc1. The molecule has 0 fully saturated rings. The largest absolute Gasteiger partial charge is 0.468 e. The third-order valence-corrected chi connectivity index (χ3v) is 5.52. The van der Waals surface area contributed by atoms with Crippen molar-refractivity contribution in [3.8, 4) is 17.3 Å². The van der Waals surface area contributed by atoms with Gasteiger partial charge >= 0.3 is 0 Å². The van der Waals surface area contributed by atoms with Crippen molar-refractivity contribution >= 4 is 16.9 Å². The summed E-state index contributed by atoms with van der Waals surface area (Å²) in [4.78, 5) is 17.0. The van der Waals surface area contributed by atoms with E-state index in [0.717, 1.165) is 33.6 Å². The minimum absolute atomic E-state index is 0.106. The molecule has 1 unspecified atom stereocenters. The maximum Gasteiger partial charge on any atom is 0.258 e. The molecule has 0 aliphatic carbocycles. The molecule has 0 bridgehead atoms. The van der Waals surface area contributed by atoms with Crippen LogP contribution in [0.2, 0.25) is 0 Å². The summed E-state index contributed by atoms with van der Waals surface area (Å²) in [6.45, 7) is 7.82. The van der Waals surface area contributed by atoms with E-state index in [4.69, 9.17) is 4.74 Å². The molecule has 4 aromatic rings. The summed E-state index contributed by atoms with van der Waals surface area (Å²) in [5, 5.41) is 13.0. The van der Waals surface area contributed by atoms with Gasteiger partial charge in [0.25, 0.3) is 5.91 Å². The van der Waals surface area contributed by atoms with E-state index < -0.39 is 0 Å². The van der Waals surface area contributed by atoms with E-state index in [1.807, 2.05) is 82.9 Å². The number of nitrogens with zero attached hydrogens (tertiary/aromatic N) is 5. The third-order valence-electron chi connectivity index (χ3n) is 5.52. The Kier molecular flexibility index (Phi) is 5.69. The number of rotatable bonds is 6. The number of ether oxygens (including phenoxy) is 1. The number of aromatic nitrogens is 5. The second kappa shape index (κ2) is 8.45. The molecule has 0 saturated heterocycles. The molecule has 8 heteroatoms. The van der Waals surface area contributed by atoms with Crippen LogP contribution in [0.25, 0.3) is 22.4 Å². The van der Waals surface area contributed by atoms with Crippen LogP contribution < -0.4 is 10.1 Å². The van der Waals surface area contributed by atoms with Crippen molar-refractivity contribution in [2.24, 2.45) is 14.1 Å². The average Bonchev–Trinajstić information content (AvgIpc) is 3.25. The van der Waals surface area contributed by atoms with E-state index in [1.54, 1.807) is 4.68 Å². The van der Waals surface area contributed by atoms with E-state index in [9.17, 15) is 4.79 Å². The Labute approximate surface area is 187 Å². The van der Waals surface area contributed by atoms with Crippen molar-refractivity contribution in [3.63, 3.8) is 0 Å². The van der Waals surface area contributed by atoms with Crippen LogP contribution in [0.3, 0.4) is 0 Å². The summed E-state index contributed by atoms with van der Waals surface area (Å²) in [5.41, 5.74) is 6.58. The van der Waals surface area contributed by atoms with Crippen LogP contribution in [0.15, 0.2) is 36.4 Å². The van der Waals surface area contributed by atoms with Gasteiger partial charge in [0.1, 0.15) is 5.69 Å². The number of carbonyl (C=O) groups excluding carboxylic acids is 1. The molecule has 4 rings (SSSR count). The average molecular weight is 433 g/mol. The van der Waals surface area contributed by atoms with Crippen molar-refractivity contribution in [3.05, 3.63) is 58.8 Å². The zero-order chi connectivity index (χ0) is 23.0. The topological polar surface area (TPSA) is 86.9 Å². The molecule has 0 aliphatic heterocycles. The van der Waals surface area contributed by atoms with Crippen molar-refractivity contribution in [2.75, 3.05) is 6.61 Å². The van der Waals surface area contributed by atoms with Gasteiger partial charge in [-0.05, 0) is 44.9 Å². The van der Waals surface area contributed by atoms with Crippen LogP contribution in [0.1, 0.15) is 35.3 Å². The number of hydrogen-bond donors (Lipinski definition) is 1. The summed E-state index contributed by atoms with van der Waals surface area (Å²) in [5.74, 6) is 0.192. The first-order valence-corrected chi connectivity index (χ1v) is 10.6. The molecule has 3 heterocycles. The first kappa shape index (κ1) is 21.5. The molecular weight excluding hydrogens is 404 g/mol. The molecule has 0 spiro atoms. The predicted molar refractivity (Wildman–Crippen MR) is 123 cm³/mol. The highest BCUT2D eigenvalue weighted by atomic mass is 16.5. The smallest absolute Gasteiger partial charge is 0.258 e. The van der Waals surface area contributed by atoms with Crippen molar-refractivity contribution in [1.29, 1.82) is 0 Å². The van der Waals surface area contributed by atoms with Gasteiger partial charge in [-0.1, -0.05) is 29.8 Å². The summed E-state index contributed by atoms with van der Waals surface area (Å²) in [6, 6.07) is 11.8. The monoisotopic (exact) mass is 432 g/mol. The van der Waals surface area contributed by atoms with E-state index in [-0.39, 0.29) is 18.6 Å². The van der Waals surface area contributed by atoms with Gasteiger partial charge in [0.05, 0.1) is 22.8 Å². The van der Waals surface area contributed by atoms with Crippen LogP contribution >= 0.6 is 0 Å². The minimum atomic E-state index is -0.200. The van der Waals surface area contributed by atoms with E-state index >= 15 is 0 Å². The Morgan fingerprint density at radius 3 is 2.44 bits per heavy atom. The molecular formula is C24H28N6O2. The molecule has 8 nitrogen and oxygen atoms in total. The Bertz CT molecular complexity index is 1290. The Balaban J connectivity index is 1.50. The number of amides is 1. The standard InChI is InChI=1S/C24H28N6O2/c1-14-7-9-18(10-8-14)17(4)25-20(31)13-32-21-11-15(2)22-23(28-30(6)24(22)26-21)19-12-16(3)27-29(19)5/h7-12,17H,13H2,1-6H3,(H,25,31). The first-order valence-electron chi connectivity index (χ1n) is 10.6. The lowest BCUT2D eigenvalue weighted by atomic mass is 10.1. The van der Waals surface area contributed by atoms with Crippen LogP contribution in [0, 0.1) is 20.8 Å². The molecule has 1 amide bonds. The van der Waals surface area contributed by atoms with Crippen molar-refractivity contribution < 1.29 is 9.53 Å². The van der Waals surface area contributed by atoms with Gasteiger partial charge in [-0.15, -0.1) is 0 Å². The predicted octanol–water partition coefficient (Wildman–Crippen LogP) is 3.55. The molecule has 3 aromatic heterocycles. The quantitative estimate of drug-likeness (QED) is 0.504. The second-order valence-electron chi connectivity index (χ2n) is 8.23. The summed E-state index contributed by atoms with van der Waals surface area (Å²) < 4.78 is 9.28. The molecule has 0 saturated carbocycles. The van der Waals surface area contributed by atoms with Gasteiger partial charge in [0, 0.05) is 20.2 Å². The lowest BCUT2D eigenvalue weighted by Gasteiger charge is -2.15. The normalized spacial score (nSPS) is 12.2. The molecule has 0 radical (unpaired) electrons. The summed E-state index contributed by atoms with van der Waals surface area (Å²) in [7, 11) is 3.75. The summed E-state index contributed by atoms with van der Waals surface area (Å²) in [6.07, 6.45) is 0. The number of carbonyl (C=O) groups is 1.